The van der Waals surface area contributed by atoms with E-state index in [0.29, 0.717) is 6.54 Å². The molecule has 0 saturated heterocycles. The van der Waals surface area contributed by atoms with Gasteiger partial charge < -0.3 is 10.2 Å². The molecule has 0 aliphatic carbocycles. The molecule has 1 aromatic rings. The number of nitriles is 1. The molecule has 0 aromatic carbocycles. The van der Waals surface area contributed by atoms with Crippen LogP contribution in [0.3, 0.4) is 0 Å². The monoisotopic (exact) mass is 297 g/mol. The Morgan fingerprint density at radius 1 is 1.59 bits per heavy atom. The van der Waals surface area contributed by atoms with Gasteiger partial charge in [-0.2, -0.15) is 5.26 Å². The van der Waals surface area contributed by atoms with Crippen LogP contribution in [-0.4, -0.2) is 30.1 Å². The normalized spacial score (nSPS) is 11.7. The maximum Gasteiger partial charge on any atom is 0.148 e. The van der Waals surface area contributed by atoms with Gasteiger partial charge in [-0.3, -0.25) is 0 Å². The topological polar surface area (TPSA) is 64.8 Å². The fourth-order valence-corrected chi connectivity index (χ4v) is 2.10. The highest BCUT2D eigenvalue weighted by atomic mass is 79.9. The number of halogens is 1. The van der Waals surface area contributed by atoms with Crippen molar-refractivity contribution in [1.82, 2.24) is 9.97 Å². The molecule has 1 N–H and O–H groups in total. The summed E-state index contributed by atoms with van der Waals surface area (Å²) in [7, 11) is 1.91. The number of nitrogens with zero attached hydrogens (tertiary/aromatic N) is 4. The summed E-state index contributed by atoms with van der Waals surface area (Å²) in [6.45, 7) is 5.33. The predicted molar refractivity (Wildman–Crippen MR) is 71.9 cm³/mol. The van der Waals surface area contributed by atoms with Crippen LogP contribution >= 0.6 is 15.9 Å². The molecule has 0 radical (unpaired) electrons. The quantitative estimate of drug-likeness (QED) is 0.903. The van der Waals surface area contributed by atoms with Crippen molar-refractivity contribution in [2.75, 3.05) is 30.4 Å². The third-order valence-corrected chi connectivity index (χ3v) is 2.98. The Bertz CT molecular complexity index is 415. The second-order valence-electron chi connectivity index (χ2n) is 3.80. The highest BCUT2D eigenvalue weighted by Crippen LogP contribution is 2.28. The van der Waals surface area contributed by atoms with E-state index in [4.69, 9.17) is 5.26 Å². The Morgan fingerprint density at radius 3 is 2.88 bits per heavy atom. The second-order valence-corrected chi connectivity index (χ2v) is 4.59. The number of nitrogens with one attached hydrogen (secondary N) is 1. The molecule has 0 fully saturated rings. The fourth-order valence-electron chi connectivity index (χ4n) is 1.46. The van der Waals surface area contributed by atoms with Gasteiger partial charge in [0.2, 0.25) is 0 Å². The van der Waals surface area contributed by atoms with Gasteiger partial charge in [0.1, 0.15) is 22.4 Å². The van der Waals surface area contributed by atoms with Crippen LogP contribution in [0.25, 0.3) is 0 Å². The predicted octanol–water partition coefficient (Wildman–Crippen LogP) is 2.27. The molecule has 0 aliphatic rings. The summed E-state index contributed by atoms with van der Waals surface area (Å²) in [5, 5.41) is 12.0. The second kappa shape index (κ2) is 6.40. The lowest BCUT2D eigenvalue weighted by atomic mass is 10.2. The zero-order valence-electron chi connectivity index (χ0n) is 10.2. The van der Waals surface area contributed by atoms with E-state index in [1.165, 1.54) is 6.33 Å². The molecular weight excluding hydrogens is 282 g/mol. The van der Waals surface area contributed by atoms with Gasteiger partial charge in [-0.15, -0.1) is 0 Å². The zero-order chi connectivity index (χ0) is 12.8. The molecule has 5 nitrogen and oxygen atoms in total. The van der Waals surface area contributed by atoms with Gasteiger partial charge in [-0.1, -0.05) is 0 Å². The van der Waals surface area contributed by atoms with Gasteiger partial charge in [-0.25, -0.2) is 9.97 Å². The van der Waals surface area contributed by atoms with Crippen molar-refractivity contribution in [1.29, 1.82) is 5.26 Å². The maximum atomic E-state index is 8.81. The first-order chi connectivity index (χ1) is 8.10. The zero-order valence-corrected chi connectivity index (χ0v) is 11.8. The van der Waals surface area contributed by atoms with Crippen molar-refractivity contribution >= 4 is 27.6 Å². The molecule has 0 spiro atoms. The van der Waals surface area contributed by atoms with Gasteiger partial charge in [0, 0.05) is 20.1 Å². The summed E-state index contributed by atoms with van der Waals surface area (Å²) < 4.78 is 0.828. The molecule has 1 atom stereocenters. The summed E-state index contributed by atoms with van der Waals surface area (Å²) in [6.07, 6.45) is 1.52. The van der Waals surface area contributed by atoms with Crippen molar-refractivity contribution in [3.63, 3.8) is 0 Å². The molecule has 0 saturated carbocycles. The smallest absolute Gasteiger partial charge is 0.148 e. The van der Waals surface area contributed by atoms with Crippen molar-refractivity contribution < 1.29 is 0 Å². The number of anilines is 2. The molecule has 1 rings (SSSR count). The summed E-state index contributed by atoms with van der Waals surface area (Å²) in [4.78, 5) is 10.3. The maximum absolute atomic E-state index is 8.81. The molecule has 92 valence electrons. The molecule has 6 heteroatoms. The lowest BCUT2D eigenvalue weighted by molar-refractivity contribution is 0.708. The van der Waals surface area contributed by atoms with E-state index in [1.54, 1.807) is 0 Å². The van der Waals surface area contributed by atoms with Crippen LogP contribution in [-0.2, 0) is 0 Å². The lowest BCUT2D eigenvalue weighted by Gasteiger charge is -2.21. The Hall–Kier alpha value is -1.35. The third-order valence-electron chi connectivity index (χ3n) is 2.24. The Balaban J connectivity index is 2.90. The van der Waals surface area contributed by atoms with Crippen molar-refractivity contribution in [2.24, 2.45) is 5.92 Å². The molecule has 1 aromatic heterocycles. The fraction of sp³-hybridized carbons (Fsp3) is 0.545. The lowest BCUT2D eigenvalue weighted by Crippen LogP contribution is -2.25. The number of hydrogen-bond acceptors (Lipinski definition) is 5. The van der Waals surface area contributed by atoms with E-state index in [0.717, 1.165) is 22.7 Å². The summed E-state index contributed by atoms with van der Waals surface area (Å²) in [6, 6.07) is 2.21. The van der Waals surface area contributed by atoms with Crippen LogP contribution in [0.1, 0.15) is 13.8 Å². The highest BCUT2D eigenvalue weighted by Gasteiger charge is 2.14. The van der Waals surface area contributed by atoms with Crippen LogP contribution in [0.4, 0.5) is 11.6 Å². The average Bonchev–Trinajstić information content (AvgIpc) is 2.31. The molecule has 0 aliphatic heterocycles. The molecule has 1 heterocycles. The van der Waals surface area contributed by atoms with Crippen molar-refractivity contribution in [2.45, 2.75) is 13.8 Å². The average molecular weight is 298 g/mol. The first-order valence-corrected chi connectivity index (χ1v) is 6.24. The molecule has 17 heavy (non-hydrogen) atoms. The Morgan fingerprint density at radius 2 is 2.29 bits per heavy atom. The van der Waals surface area contributed by atoms with E-state index < -0.39 is 0 Å². The minimum absolute atomic E-state index is 0.0375. The molecule has 0 amide bonds. The largest absolute Gasteiger partial charge is 0.369 e. The summed E-state index contributed by atoms with van der Waals surface area (Å²) >= 11 is 3.48. The van der Waals surface area contributed by atoms with Gasteiger partial charge >= 0.3 is 0 Å². The van der Waals surface area contributed by atoms with E-state index >= 15 is 0 Å². The van der Waals surface area contributed by atoms with E-state index in [2.05, 4.69) is 37.3 Å². The summed E-state index contributed by atoms with van der Waals surface area (Å²) in [5.41, 5.74) is 0. The van der Waals surface area contributed by atoms with Crippen molar-refractivity contribution in [3.8, 4) is 6.07 Å². The minimum Gasteiger partial charge on any atom is -0.369 e. The van der Waals surface area contributed by atoms with Crippen LogP contribution < -0.4 is 10.2 Å². The van der Waals surface area contributed by atoms with Crippen LogP contribution in [0, 0.1) is 17.2 Å². The van der Waals surface area contributed by atoms with E-state index in [9.17, 15) is 0 Å². The highest BCUT2D eigenvalue weighted by molar-refractivity contribution is 9.10. The van der Waals surface area contributed by atoms with Gasteiger partial charge in [0.15, 0.2) is 0 Å². The SMILES string of the molecule is CCNc1ncnc(N(C)CC(C)C#N)c1Br. The first kappa shape index (κ1) is 13.7. The van der Waals surface area contributed by atoms with Crippen LogP contribution in [0.15, 0.2) is 10.8 Å². The van der Waals surface area contributed by atoms with E-state index in [1.807, 2.05) is 25.8 Å². The van der Waals surface area contributed by atoms with Crippen LogP contribution in [0.2, 0.25) is 0 Å². The molecule has 0 bridgehead atoms. The van der Waals surface area contributed by atoms with Crippen LogP contribution in [0.5, 0.6) is 0 Å². The van der Waals surface area contributed by atoms with Gasteiger partial charge in [-0.05, 0) is 29.8 Å². The number of aromatic nitrogens is 2. The van der Waals surface area contributed by atoms with E-state index in [-0.39, 0.29) is 5.92 Å². The van der Waals surface area contributed by atoms with Gasteiger partial charge in [0.05, 0.1) is 12.0 Å². The number of hydrogen-bond donors (Lipinski definition) is 1. The number of rotatable bonds is 5. The van der Waals surface area contributed by atoms with Gasteiger partial charge in [0.25, 0.3) is 0 Å². The first-order valence-electron chi connectivity index (χ1n) is 5.45. The molecule has 1 unspecified atom stereocenters. The summed E-state index contributed by atoms with van der Waals surface area (Å²) in [5.74, 6) is 1.52. The third kappa shape index (κ3) is 3.56. The Labute approximate surface area is 110 Å². The van der Waals surface area contributed by atoms with Crippen molar-refractivity contribution in [3.05, 3.63) is 10.8 Å². The Kier molecular flexibility index (Phi) is 5.16. The standard InChI is InChI=1S/C11H16BrN5/c1-4-14-10-9(12)11(16-7-15-10)17(3)6-8(2)5-13/h7-8H,4,6H2,1-3H3,(H,14,15,16). The minimum atomic E-state index is -0.0375. The molecular formula is C11H16BrN5.